The van der Waals surface area contributed by atoms with Crippen LogP contribution >= 0.6 is 7.60 Å². The molecule has 0 radical (unpaired) electrons. The van der Waals surface area contributed by atoms with E-state index in [1.165, 1.54) is 18.1 Å². The lowest BCUT2D eigenvalue weighted by atomic mass is 10.0. The third-order valence-electron chi connectivity index (χ3n) is 7.95. The summed E-state index contributed by atoms with van der Waals surface area (Å²) in [5, 5.41) is 18.1. The Morgan fingerprint density at radius 3 is 2.51 bits per heavy atom. The molecule has 18 heteroatoms. The fraction of sp³-hybridized carbons (Fsp3) is 0.419. The number of halogens is 3. The van der Waals surface area contributed by atoms with Crippen LogP contribution in [-0.2, 0) is 37.3 Å². The number of rotatable bonds is 13. The highest BCUT2D eigenvalue weighted by Crippen LogP contribution is 2.52. The van der Waals surface area contributed by atoms with Crippen LogP contribution in [0.25, 0.3) is 0 Å². The zero-order valence-corrected chi connectivity index (χ0v) is 28.2. The van der Waals surface area contributed by atoms with Crippen LogP contribution in [0.1, 0.15) is 40.9 Å². The molecule has 1 aromatic heterocycles. The number of benzene rings is 2. The van der Waals surface area contributed by atoms with E-state index in [0.717, 1.165) is 0 Å². The predicted molar refractivity (Wildman–Crippen MR) is 175 cm³/mol. The van der Waals surface area contributed by atoms with Crippen molar-refractivity contribution < 1.29 is 46.2 Å². The van der Waals surface area contributed by atoms with Gasteiger partial charge in [0.05, 0.1) is 43.4 Å². The number of piperazine rings is 1. The van der Waals surface area contributed by atoms with E-state index < -0.39 is 43.1 Å². The molecule has 2 aromatic carbocycles. The summed E-state index contributed by atoms with van der Waals surface area (Å²) in [5.41, 5.74) is 1.19. The van der Waals surface area contributed by atoms with E-state index in [2.05, 4.69) is 25.9 Å². The fourth-order valence-electron chi connectivity index (χ4n) is 5.75. The second kappa shape index (κ2) is 14.6. The molecule has 5 rings (SSSR count). The first kappa shape index (κ1) is 35.9. The Morgan fingerprint density at radius 2 is 1.86 bits per heavy atom. The SMILES string of the molecule is CCOP(=O)(Cc1ccc(Nc2ncc(C(F)(F)F)c(Nc3ccc(N4CCNC(C(=O)O)C4)c4c3C(=O)N(C)C4)n2)c(OC)c1)OCC. The van der Waals surface area contributed by atoms with Crippen molar-refractivity contribution in [3.8, 4) is 5.75 Å². The molecule has 1 saturated heterocycles. The maximum absolute atomic E-state index is 14.2. The molecule has 0 saturated carbocycles. The molecule has 14 nitrogen and oxygen atoms in total. The lowest BCUT2D eigenvalue weighted by molar-refractivity contribution is -0.139. The van der Waals surface area contributed by atoms with Crippen LogP contribution in [0.3, 0.4) is 0 Å². The number of amides is 1. The van der Waals surface area contributed by atoms with E-state index in [1.807, 2.05) is 4.90 Å². The zero-order valence-electron chi connectivity index (χ0n) is 27.3. The Morgan fingerprint density at radius 1 is 1.14 bits per heavy atom. The number of alkyl halides is 3. The van der Waals surface area contributed by atoms with Crippen LogP contribution in [0, 0.1) is 0 Å². The van der Waals surface area contributed by atoms with Crippen LogP contribution in [0.4, 0.5) is 42.0 Å². The second-order valence-corrected chi connectivity index (χ2v) is 13.3. The topological polar surface area (TPSA) is 167 Å². The average molecular weight is 708 g/mol. The number of carbonyl (C=O) groups is 2. The van der Waals surface area contributed by atoms with Gasteiger partial charge in [-0.15, -0.1) is 0 Å². The molecule has 0 spiro atoms. The molecule has 1 amide bonds. The molecule has 264 valence electrons. The van der Waals surface area contributed by atoms with Crippen molar-refractivity contribution in [1.29, 1.82) is 0 Å². The number of ether oxygens (including phenoxy) is 1. The van der Waals surface area contributed by atoms with Gasteiger partial charge in [-0.3, -0.25) is 14.2 Å². The zero-order chi connectivity index (χ0) is 35.5. The largest absolute Gasteiger partial charge is 0.495 e. The normalized spacial score (nSPS) is 16.5. The van der Waals surface area contributed by atoms with Crippen molar-refractivity contribution in [2.24, 2.45) is 0 Å². The van der Waals surface area contributed by atoms with Gasteiger partial charge in [-0.05, 0) is 43.7 Å². The molecule has 0 bridgehead atoms. The van der Waals surface area contributed by atoms with E-state index in [-0.39, 0.29) is 55.4 Å². The number of carbonyl (C=O) groups excluding carboxylic acids is 1. The molecular weight excluding hydrogens is 670 g/mol. The Labute approximate surface area is 280 Å². The van der Waals surface area contributed by atoms with E-state index in [4.69, 9.17) is 13.8 Å². The summed E-state index contributed by atoms with van der Waals surface area (Å²) in [7, 11) is -0.444. The maximum Gasteiger partial charge on any atom is 0.421 e. The van der Waals surface area contributed by atoms with Gasteiger partial charge in [-0.1, -0.05) is 6.07 Å². The van der Waals surface area contributed by atoms with Gasteiger partial charge < -0.3 is 44.6 Å². The predicted octanol–water partition coefficient (Wildman–Crippen LogP) is 5.21. The number of fused-ring (bicyclic) bond motifs is 1. The van der Waals surface area contributed by atoms with Crippen molar-refractivity contribution in [2.45, 2.75) is 38.8 Å². The summed E-state index contributed by atoms with van der Waals surface area (Å²) in [5.74, 6) is -1.94. The van der Waals surface area contributed by atoms with Gasteiger partial charge in [0.2, 0.25) is 5.95 Å². The van der Waals surface area contributed by atoms with Gasteiger partial charge in [-0.25, -0.2) is 4.98 Å². The standard InChI is InChI=1S/C31H37F3N7O7P/c1-5-47-49(45,48-6-2)17-18-7-8-21(25(13-18)46-4)38-30-36-14-20(31(32,33)34)27(39-30)37-22-9-10-24(19-15-40(3)28(42)26(19)22)41-12-11-35-23(16-41)29(43)44/h7-10,13-14,23,35H,5-6,11-12,15-17H2,1-4H3,(H,43,44)(H2,36,37,38,39). The molecule has 1 unspecified atom stereocenters. The number of hydrogen-bond acceptors (Lipinski definition) is 12. The smallest absolute Gasteiger partial charge is 0.421 e. The van der Waals surface area contributed by atoms with E-state index in [1.54, 1.807) is 45.2 Å². The van der Waals surface area contributed by atoms with Gasteiger partial charge >= 0.3 is 19.7 Å². The van der Waals surface area contributed by atoms with Gasteiger partial charge in [0.1, 0.15) is 23.2 Å². The number of methoxy groups -OCH3 is 1. The fourth-order valence-corrected chi connectivity index (χ4v) is 7.44. The first-order valence-corrected chi connectivity index (χ1v) is 17.2. The molecule has 1 fully saturated rings. The minimum atomic E-state index is -4.84. The molecular formula is C31H37F3N7O7P. The van der Waals surface area contributed by atoms with Gasteiger partial charge in [0, 0.05) is 50.7 Å². The van der Waals surface area contributed by atoms with Crippen LogP contribution < -0.4 is 25.6 Å². The summed E-state index contributed by atoms with van der Waals surface area (Å²) in [4.78, 5) is 36.3. The van der Waals surface area contributed by atoms with Gasteiger partial charge in [0.15, 0.2) is 0 Å². The second-order valence-electron chi connectivity index (χ2n) is 11.3. The molecule has 49 heavy (non-hydrogen) atoms. The summed E-state index contributed by atoms with van der Waals surface area (Å²) in [6.45, 7) is 5.00. The first-order valence-electron chi connectivity index (χ1n) is 15.4. The van der Waals surface area contributed by atoms with Gasteiger partial charge in [0.25, 0.3) is 5.91 Å². The Hall–Kier alpha value is -4.44. The molecule has 3 aromatic rings. The van der Waals surface area contributed by atoms with Crippen LogP contribution in [0.2, 0.25) is 0 Å². The third kappa shape index (κ3) is 7.90. The summed E-state index contributed by atoms with van der Waals surface area (Å²) >= 11 is 0. The number of carboxylic acids is 1. The van der Waals surface area contributed by atoms with Crippen molar-refractivity contribution in [3.63, 3.8) is 0 Å². The highest BCUT2D eigenvalue weighted by atomic mass is 31.2. The van der Waals surface area contributed by atoms with Crippen LogP contribution in [0.5, 0.6) is 5.75 Å². The third-order valence-corrected chi connectivity index (χ3v) is 10.0. The summed E-state index contributed by atoms with van der Waals surface area (Å²) in [6.07, 6.45) is -4.23. The van der Waals surface area contributed by atoms with Crippen molar-refractivity contribution in [2.75, 3.05) is 62.5 Å². The van der Waals surface area contributed by atoms with Crippen LogP contribution in [0.15, 0.2) is 36.5 Å². The molecule has 1 atom stereocenters. The molecule has 2 aliphatic heterocycles. The Kier molecular flexibility index (Phi) is 10.7. The van der Waals surface area contributed by atoms with Crippen molar-refractivity contribution >= 4 is 48.3 Å². The molecule has 0 aliphatic carbocycles. The maximum atomic E-state index is 14.2. The number of nitrogens with zero attached hydrogens (tertiary/aromatic N) is 4. The summed E-state index contributed by atoms with van der Waals surface area (Å²) < 4.78 is 71.9. The van der Waals surface area contributed by atoms with E-state index >= 15 is 0 Å². The first-order chi connectivity index (χ1) is 23.3. The molecule has 2 aliphatic rings. The quantitative estimate of drug-likeness (QED) is 0.171. The van der Waals surface area contributed by atoms with Crippen molar-refractivity contribution in [1.82, 2.24) is 20.2 Å². The molecule has 3 heterocycles. The van der Waals surface area contributed by atoms with Gasteiger partial charge in [-0.2, -0.15) is 18.2 Å². The Bertz CT molecular complexity index is 1770. The average Bonchev–Trinajstić information content (AvgIpc) is 3.35. The summed E-state index contributed by atoms with van der Waals surface area (Å²) in [6, 6.07) is 7.15. The minimum absolute atomic E-state index is 0.0258. The number of aliphatic carboxylic acids is 1. The highest BCUT2D eigenvalue weighted by Gasteiger charge is 2.38. The monoisotopic (exact) mass is 707 g/mol. The van der Waals surface area contributed by atoms with Crippen LogP contribution in [-0.4, -0.2) is 84.9 Å². The lowest BCUT2D eigenvalue weighted by Crippen LogP contribution is -2.54. The van der Waals surface area contributed by atoms with E-state index in [0.29, 0.717) is 41.8 Å². The van der Waals surface area contributed by atoms with E-state index in [9.17, 15) is 32.4 Å². The minimum Gasteiger partial charge on any atom is -0.495 e. The number of carboxylic acid groups (broad SMARTS) is 1. The molecule has 4 N–H and O–H groups in total. The van der Waals surface area contributed by atoms with Crippen molar-refractivity contribution in [3.05, 3.63) is 58.8 Å². The number of nitrogens with one attached hydrogen (secondary N) is 3. The number of aromatic nitrogens is 2. The Balaban J connectivity index is 1.47. The highest BCUT2D eigenvalue weighted by molar-refractivity contribution is 7.53. The number of hydrogen-bond donors (Lipinski definition) is 4. The lowest BCUT2D eigenvalue weighted by Gasteiger charge is -2.34. The number of anilines is 5.